The Labute approximate surface area is 177 Å². The number of carbonyl (C=O) groups excluding carboxylic acids is 1. The van der Waals surface area contributed by atoms with Gasteiger partial charge in [-0.3, -0.25) is 19.5 Å². The second-order valence-electron chi connectivity index (χ2n) is 7.13. The van der Waals surface area contributed by atoms with E-state index in [4.69, 9.17) is 4.42 Å². The van der Waals surface area contributed by atoms with E-state index in [1.165, 1.54) is 23.1 Å². The van der Waals surface area contributed by atoms with Gasteiger partial charge in [0.15, 0.2) is 5.58 Å². The predicted molar refractivity (Wildman–Crippen MR) is 105 cm³/mol. The lowest BCUT2D eigenvalue weighted by atomic mass is 10.2. The largest absolute Gasteiger partial charge is 0.420 e. The molecule has 0 unspecified atom stereocenters. The molecule has 0 spiro atoms. The van der Waals surface area contributed by atoms with E-state index in [2.05, 4.69) is 4.98 Å². The summed E-state index contributed by atoms with van der Waals surface area (Å²) >= 11 is 0. The number of rotatable bonds is 4. The summed E-state index contributed by atoms with van der Waals surface area (Å²) in [5, 5.41) is 10.9. The number of oxazole rings is 1. The van der Waals surface area contributed by atoms with Gasteiger partial charge in [0.2, 0.25) is 5.91 Å². The molecule has 1 aromatic carbocycles. The molecule has 3 aromatic rings. The minimum absolute atomic E-state index is 0.00944. The first-order valence-corrected chi connectivity index (χ1v) is 9.47. The first-order valence-electron chi connectivity index (χ1n) is 9.47. The van der Waals surface area contributed by atoms with Gasteiger partial charge in [0.25, 0.3) is 5.69 Å². The van der Waals surface area contributed by atoms with Crippen molar-refractivity contribution in [2.24, 2.45) is 0 Å². The molecule has 168 valence electrons. The van der Waals surface area contributed by atoms with Gasteiger partial charge in [-0.2, -0.15) is 13.2 Å². The van der Waals surface area contributed by atoms with Crippen LogP contribution in [-0.2, 0) is 17.5 Å². The maximum Gasteiger partial charge on any atom is 0.420 e. The van der Waals surface area contributed by atoms with E-state index in [0.29, 0.717) is 18.9 Å². The van der Waals surface area contributed by atoms with Crippen LogP contribution in [0.25, 0.3) is 11.1 Å². The maximum absolute atomic E-state index is 12.7. The summed E-state index contributed by atoms with van der Waals surface area (Å²) in [5.74, 6) is -0.779. The third kappa shape index (κ3) is 4.13. The van der Waals surface area contributed by atoms with Crippen LogP contribution in [0.4, 0.5) is 24.7 Å². The van der Waals surface area contributed by atoms with Crippen molar-refractivity contribution < 1.29 is 27.3 Å². The van der Waals surface area contributed by atoms with Crippen LogP contribution in [0.1, 0.15) is 5.56 Å². The number of aromatic nitrogens is 2. The molecular weight excluding hydrogens is 435 g/mol. The summed E-state index contributed by atoms with van der Waals surface area (Å²) in [4.78, 5) is 42.2. The van der Waals surface area contributed by atoms with E-state index in [9.17, 15) is 32.9 Å². The summed E-state index contributed by atoms with van der Waals surface area (Å²) in [5.41, 5.74) is -0.798. The Balaban J connectivity index is 1.41. The maximum atomic E-state index is 12.7. The van der Waals surface area contributed by atoms with Crippen molar-refractivity contribution >= 4 is 28.5 Å². The van der Waals surface area contributed by atoms with Gasteiger partial charge in [-0.15, -0.1) is 0 Å². The number of halogens is 3. The average molecular weight is 451 g/mol. The highest BCUT2D eigenvalue weighted by Gasteiger charge is 2.31. The normalized spacial score (nSPS) is 14.7. The van der Waals surface area contributed by atoms with E-state index in [1.807, 2.05) is 0 Å². The number of benzene rings is 1. The number of alkyl halides is 3. The fourth-order valence-electron chi connectivity index (χ4n) is 3.48. The Bertz CT molecular complexity index is 1230. The SMILES string of the molecule is O=C(Cn1c(=O)oc2cc([N+](=O)[O-])ccc21)N1CCN(c2ccc(C(F)(F)F)cn2)CC1. The lowest BCUT2D eigenvalue weighted by Crippen LogP contribution is -2.50. The number of non-ortho nitro benzene ring substituents is 1. The van der Waals surface area contributed by atoms with Crippen LogP contribution in [0, 0.1) is 10.1 Å². The standard InChI is InChI=1S/C19H16F3N5O5/c20-19(21,22)12-1-4-16(23-10-12)24-5-7-25(8-6-24)17(28)11-26-14-3-2-13(27(30)31)9-15(14)32-18(26)29/h1-4,9-10H,5-8,11H2. The number of hydrogen-bond donors (Lipinski definition) is 0. The zero-order valence-electron chi connectivity index (χ0n) is 16.4. The predicted octanol–water partition coefficient (Wildman–Crippen LogP) is 2.27. The van der Waals surface area contributed by atoms with Crippen molar-refractivity contribution in [2.75, 3.05) is 31.1 Å². The number of anilines is 1. The molecule has 1 aliphatic heterocycles. The lowest BCUT2D eigenvalue weighted by molar-refractivity contribution is -0.384. The quantitative estimate of drug-likeness (QED) is 0.442. The fourth-order valence-corrected chi connectivity index (χ4v) is 3.48. The van der Waals surface area contributed by atoms with Gasteiger partial charge in [-0.25, -0.2) is 9.78 Å². The van der Waals surface area contributed by atoms with Gasteiger partial charge in [-0.1, -0.05) is 0 Å². The zero-order valence-corrected chi connectivity index (χ0v) is 16.4. The highest BCUT2D eigenvalue weighted by Crippen LogP contribution is 2.29. The molecule has 1 saturated heterocycles. The van der Waals surface area contributed by atoms with Crippen molar-refractivity contribution in [3.05, 3.63) is 62.8 Å². The molecule has 1 fully saturated rings. The van der Waals surface area contributed by atoms with Crippen molar-refractivity contribution in [3.63, 3.8) is 0 Å². The second-order valence-corrected chi connectivity index (χ2v) is 7.13. The molecule has 2 aromatic heterocycles. The molecular formula is C19H16F3N5O5. The summed E-state index contributed by atoms with van der Waals surface area (Å²) in [6, 6.07) is 5.93. The molecule has 1 amide bonds. The Hall–Kier alpha value is -3.90. The molecule has 0 bridgehead atoms. The molecule has 4 rings (SSSR count). The summed E-state index contributed by atoms with van der Waals surface area (Å²) in [6.45, 7) is 0.992. The minimum atomic E-state index is -4.46. The van der Waals surface area contributed by atoms with Gasteiger partial charge in [0.1, 0.15) is 12.4 Å². The first kappa shape index (κ1) is 21.3. The van der Waals surface area contributed by atoms with E-state index in [-0.39, 0.29) is 42.3 Å². The Kier molecular flexibility index (Phi) is 5.32. The third-order valence-electron chi connectivity index (χ3n) is 5.19. The number of hydrogen-bond acceptors (Lipinski definition) is 7. The van der Waals surface area contributed by atoms with E-state index >= 15 is 0 Å². The number of fused-ring (bicyclic) bond motifs is 1. The van der Waals surface area contributed by atoms with Crippen molar-refractivity contribution in [1.29, 1.82) is 0 Å². The fraction of sp³-hybridized carbons (Fsp3) is 0.316. The van der Waals surface area contributed by atoms with Crippen LogP contribution >= 0.6 is 0 Å². The smallest absolute Gasteiger partial charge is 0.407 e. The van der Waals surface area contributed by atoms with E-state index in [1.54, 1.807) is 4.90 Å². The van der Waals surface area contributed by atoms with Crippen molar-refractivity contribution in [3.8, 4) is 0 Å². The molecule has 0 radical (unpaired) electrons. The number of nitrogens with zero attached hydrogens (tertiary/aromatic N) is 5. The number of carbonyl (C=O) groups is 1. The van der Waals surface area contributed by atoms with Crippen LogP contribution in [0.5, 0.6) is 0 Å². The third-order valence-corrected chi connectivity index (χ3v) is 5.19. The lowest BCUT2D eigenvalue weighted by Gasteiger charge is -2.35. The molecule has 0 aliphatic carbocycles. The van der Waals surface area contributed by atoms with Crippen molar-refractivity contribution in [2.45, 2.75) is 12.7 Å². The average Bonchev–Trinajstić information content (AvgIpc) is 3.07. The Morgan fingerprint density at radius 3 is 2.47 bits per heavy atom. The zero-order chi connectivity index (χ0) is 23.0. The molecule has 0 atom stereocenters. The molecule has 10 nitrogen and oxygen atoms in total. The summed E-state index contributed by atoms with van der Waals surface area (Å²) in [7, 11) is 0. The number of pyridine rings is 1. The Morgan fingerprint density at radius 1 is 1.16 bits per heavy atom. The van der Waals surface area contributed by atoms with Gasteiger partial charge in [-0.05, 0) is 18.2 Å². The van der Waals surface area contributed by atoms with Gasteiger partial charge in [0, 0.05) is 38.4 Å². The first-order chi connectivity index (χ1) is 15.1. The summed E-state index contributed by atoms with van der Waals surface area (Å²) in [6.07, 6.45) is -3.69. The number of nitro groups is 1. The van der Waals surface area contributed by atoms with Gasteiger partial charge in [0.05, 0.1) is 22.1 Å². The van der Waals surface area contributed by atoms with Gasteiger partial charge >= 0.3 is 11.9 Å². The number of amides is 1. The van der Waals surface area contributed by atoms with Crippen molar-refractivity contribution in [1.82, 2.24) is 14.5 Å². The van der Waals surface area contributed by atoms with Crippen LogP contribution in [-0.4, -0.2) is 51.5 Å². The topological polar surface area (TPSA) is 115 Å². The van der Waals surface area contributed by atoms with E-state index in [0.717, 1.165) is 22.9 Å². The minimum Gasteiger partial charge on any atom is -0.407 e. The van der Waals surface area contributed by atoms with Crippen LogP contribution in [0.15, 0.2) is 45.7 Å². The van der Waals surface area contributed by atoms with Crippen LogP contribution < -0.4 is 10.7 Å². The molecule has 32 heavy (non-hydrogen) atoms. The van der Waals surface area contributed by atoms with E-state index < -0.39 is 22.4 Å². The Morgan fingerprint density at radius 2 is 1.88 bits per heavy atom. The second kappa shape index (κ2) is 7.98. The molecule has 3 heterocycles. The van der Waals surface area contributed by atoms with Gasteiger partial charge < -0.3 is 14.2 Å². The molecule has 13 heteroatoms. The highest BCUT2D eigenvalue weighted by atomic mass is 19.4. The number of piperazine rings is 1. The highest BCUT2D eigenvalue weighted by molar-refractivity contribution is 5.81. The summed E-state index contributed by atoms with van der Waals surface area (Å²) < 4.78 is 44.2. The monoisotopic (exact) mass is 451 g/mol. The van der Waals surface area contributed by atoms with Crippen LogP contribution in [0.3, 0.4) is 0 Å². The molecule has 0 N–H and O–H groups in total. The molecule has 0 saturated carbocycles. The number of nitro benzene ring substituents is 1. The molecule has 1 aliphatic rings. The van der Waals surface area contributed by atoms with Crippen LogP contribution in [0.2, 0.25) is 0 Å².